The van der Waals surface area contributed by atoms with Gasteiger partial charge in [0.15, 0.2) is 0 Å². The highest BCUT2D eigenvalue weighted by atomic mass is 15.2. The number of hydrogen-bond acceptors (Lipinski definition) is 2. The molecule has 1 N–H and O–H groups in total. The molecule has 0 heterocycles. The number of nitrogens with zero attached hydrogens (tertiary/aromatic N) is 1. The Kier molecular flexibility index (Phi) is 5.50. The Balaban J connectivity index is 1.95. The van der Waals surface area contributed by atoms with Crippen molar-refractivity contribution in [2.24, 2.45) is 5.92 Å². The monoisotopic (exact) mass is 252 g/mol. The maximum atomic E-state index is 3.82. The minimum Gasteiger partial charge on any atom is -0.312 e. The average Bonchev–Trinajstić information content (AvgIpc) is 3.18. The van der Waals surface area contributed by atoms with Gasteiger partial charge in [-0.25, -0.2) is 0 Å². The van der Waals surface area contributed by atoms with Crippen LogP contribution >= 0.6 is 0 Å². The van der Waals surface area contributed by atoms with E-state index >= 15 is 0 Å². The van der Waals surface area contributed by atoms with Crippen LogP contribution in [0.4, 0.5) is 0 Å². The van der Waals surface area contributed by atoms with E-state index in [0.717, 1.165) is 24.0 Å². The summed E-state index contributed by atoms with van der Waals surface area (Å²) in [5.41, 5.74) is 0. The van der Waals surface area contributed by atoms with Gasteiger partial charge in [0.05, 0.1) is 0 Å². The minimum atomic E-state index is 0.762. The molecule has 2 heteroatoms. The molecule has 106 valence electrons. The molecule has 0 aromatic carbocycles. The summed E-state index contributed by atoms with van der Waals surface area (Å²) < 4.78 is 0. The Morgan fingerprint density at radius 3 is 2.44 bits per heavy atom. The third-order valence-electron chi connectivity index (χ3n) is 4.40. The van der Waals surface area contributed by atoms with Gasteiger partial charge in [-0.05, 0) is 44.6 Å². The van der Waals surface area contributed by atoms with Gasteiger partial charge in [0, 0.05) is 24.7 Å². The fourth-order valence-corrected chi connectivity index (χ4v) is 3.46. The molecule has 0 saturated heterocycles. The smallest absolute Gasteiger partial charge is 0.0252 e. The zero-order valence-corrected chi connectivity index (χ0v) is 12.6. The van der Waals surface area contributed by atoms with Crippen LogP contribution in [0.5, 0.6) is 0 Å². The Morgan fingerprint density at radius 1 is 1.11 bits per heavy atom. The van der Waals surface area contributed by atoms with Gasteiger partial charge < -0.3 is 5.32 Å². The van der Waals surface area contributed by atoms with Crippen molar-refractivity contribution in [3.05, 3.63) is 0 Å². The summed E-state index contributed by atoms with van der Waals surface area (Å²) in [6, 6.07) is 2.50. The van der Waals surface area contributed by atoms with Crippen LogP contribution in [0.1, 0.15) is 65.7 Å². The van der Waals surface area contributed by atoms with E-state index in [9.17, 15) is 0 Å². The summed E-state index contributed by atoms with van der Waals surface area (Å²) >= 11 is 0. The molecule has 0 aliphatic heterocycles. The summed E-state index contributed by atoms with van der Waals surface area (Å²) in [5, 5.41) is 3.82. The Morgan fingerprint density at radius 2 is 1.83 bits per heavy atom. The quantitative estimate of drug-likeness (QED) is 0.747. The molecule has 2 aliphatic rings. The Hall–Kier alpha value is -0.0800. The first-order valence-electron chi connectivity index (χ1n) is 8.21. The van der Waals surface area contributed by atoms with Crippen molar-refractivity contribution in [2.45, 2.75) is 83.8 Å². The van der Waals surface area contributed by atoms with E-state index in [1.54, 1.807) is 0 Å². The van der Waals surface area contributed by atoms with E-state index in [1.807, 2.05) is 0 Å². The second kappa shape index (κ2) is 6.91. The van der Waals surface area contributed by atoms with E-state index in [1.165, 1.54) is 58.0 Å². The highest BCUT2D eigenvalue weighted by Gasteiger charge is 2.38. The lowest BCUT2D eigenvalue weighted by Crippen LogP contribution is -2.53. The Bertz CT molecular complexity index is 235. The second-order valence-corrected chi connectivity index (χ2v) is 6.73. The fraction of sp³-hybridized carbons (Fsp3) is 1.00. The SMILES string of the molecule is CCCNC1CCCCC1N(CC(C)C)C1CC1. The van der Waals surface area contributed by atoms with Crippen LogP contribution in [0.2, 0.25) is 0 Å². The topological polar surface area (TPSA) is 15.3 Å². The Labute approximate surface area is 114 Å². The van der Waals surface area contributed by atoms with Gasteiger partial charge >= 0.3 is 0 Å². The third kappa shape index (κ3) is 3.96. The van der Waals surface area contributed by atoms with Gasteiger partial charge in [-0.2, -0.15) is 0 Å². The van der Waals surface area contributed by atoms with Crippen molar-refractivity contribution in [1.29, 1.82) is 0 Å². The van der Waals surface area contributed by atoms with Gasteiger partial charge in [-0.3, -0.25) is 4.90 Å². The number of nitrogens with one attached hydrogen (secondary N) is 1. The van der Waals surface area contributed by atoms with E-state index < -0.39 is 0 Å². The normalized spacial score (nSPS) is 29.2. The molecule has 2 fully saturated rings. The van der Waals surface area contributed by atoms with Crippen LogP contribution in [-0.4, -0.2) is 36.1 Å². The van der Waals surface area contributed by atoms with Crippen molar-refractivity contribution in [1.82, 2.24) is 10.2 Å². The zero-order chi connectivity index (χ0) is 13.0. The van der Waals surface area contributed by atoms with Gasteiger partial charge in [0.25, 0.3) is 0 Å². The maximum Gasteiger partial charge on any atom is 0.0252 e. The molecule has 2 rings (SSSR count). The molecule has 0 aromatic rings. The average molecular weight is 252 g/mol. The summed E-state index contributed by atoms with van der Waals surface area (Å²) in [4.78, 5) is 2.86. The summed E-state index contributed by atoms with van der Waals surface area (Å²) in [6.07, 6.45) is 9.84. The standard InChI is InChI=1S/C16H32N2/c1-4-11-17-15-7-5-6-8-16(15)18(12-13(2)3)14-9-10-14/h13-17H,4-12H2,1-3H3. The lowest BCUT2D eigenvalue weighted by Gasteiger charge is -2.41. The lowest BCUT2D eigenvalue weighted by molar-refractivity contribution is 0.101. The second-order valence-electron chi connectivity index (χ2n) is 6.73. The van der Waals surface area contributed by atoms with Gasteiger partial charge in [-0.1, -0.05) is 33.6 Å². The molecule has 2 atom stereocenters. The highest BCUT2D eigenvalue weighted by molar-refractivity contribution is 4.95. The molecule has 2 unspecified atom stereocenters. The van der Waals surface area contributed by atoms with Crippen LogP contribution < -0.4 is 5.32 Å². The molecule has 0 radical (unpaired) electrons. The van der Waals surface area contributed by atoms with Crippen LogP contribution in [0.25, 0.3) is 0 Å². The highest BCUT2D eigenvalue weighted by Crippen LogP contribution is 2.34. The summed E-state index contributed by atoms with van der Waals surface area (Å²) in [7, 11) is 0. The molecule has 0 amide bonds. The third-order valence-corrected chi connectivity index (χ3v) is 4.40. The van der Waals surface area contributed by atoms with Crippen LogP contribution in [0.15, 0.2) is 0 Å². The van der Waals surface area contributed by atoms with Crippen molar-refractivity contribution in [3.8, 4) is 0 Å². The number of hydrogen-bond donors (Lipinski definition) is 1. The maximum absolute atomic E-state index is 3.82. The van der Waals surface area contributed by atoms with Crippen molar-refractivity contribution >= 4 is 0 Å². The first kappa shape index (κ1) is 14.3. The molecule has 2 saturated carbocycles. The predicted octanol–water partition coefficient (Wildman–Crippen LogP) is 3.42. The van der Waals surface area contributed by atoms with E-state index in [0.29, 0.717) is 0 Å². The fourth-order valence-electron chi connectivity index (χ4n) is 3.46. The van der Waals surface area contributed by atoms with Crippen molar-refractivity contribution in [2.75, 3.05) is 13.1 Å². The van der Waals surface area contributed by atoms with Crippen LogP contribution in [-0.2, 0) is 0 Å². The molecular weight excluding hydrogens is 220 g/mol. The molecule has 0 bridgehead atoms. The van der Waals surface area contributed by atoms with Gasteiger partial charge in [0.1, 0.15) is 0 Å². The van der Waals surface area contributed by atoms with Crippen molar-refractivity contribution < 1.29 is 0 Å². The first-order chi connectivity index (χ1) is 8.72. The molecule has 0 aromatic heterocycles. The zero-order valence-electron chi connectivity index (χ0n) is 12.6. The number of rotatable bonds is 7. The largest absolute Gasteiger partial charge is 0.312 e. The van der Waals surface area contributed by atoms with Gasteiger partial charge in [0.2, 0.25) is 0 Å². The van der Waals surface area contributed by atoms with Crippen LogP contribution in [0.3, 0.4) is 0 Å². The predicted molar refractivity (Wildman–Crippen MR) is 78.9 cm³/mol. The molecule has 0 spiro atoms. The van der Waals surface area contributed by atoms with E-state index in [-0.39, 0.29) is 0 Å². The van der Waals surface area contributed by atoms with Crippen LogP contribution in [0, 0.1) is 5.92 Å². The minimum absolute atomic E-state index is 0.762. The summed E-state index contributed by atoms with van der Waals surface area (Å²) in [5.74, 6) is 0.805. The van der Waals surface area contributed by atoms with Gasteiger partial charge in [-0.15, -0.1) is 0 Å². The molecule has 2 nitrogen and oxygen atoms in total. The summed E-state index contributed by atoms with van der Waals surface area (Å²) in [6.45, 7) is 9.51. The molecular formula is C16H32N2. The first-order valence-corrected chi connectivity index (χ1v) is 8.21. The van der Waals surface area contributed by atoms with Crippen molar-refractivity contribution in [3.63, 3.8) is 0 Å². The molecule has 2 aliphatic carbocycles. The van der Waals surface area contributed by atoms with E-state index in [2.05, 4.69) is 31.0 Å². The molecule has 18 heavy (non-hydrogen) atoms. The van der Waals surface area contributed by atoms with E-state index in [4.69, 9.17) is 0 Å². The lowest BCUT2D eigenvalue weighted by atomic mass is 9.88.